The van der Waals surface area contributed by atoms with Crippen LogP contribution in [0.15, 0.2) is 12.1 Å². The maximum Gasteiger partial charge on any atom is 0.307 e. The molecule has 1 aromatic rings. The summed E-state index contributed by atoms with van der Waals surface area (Å²) in [6, 6.07) is 4.20. The second kappa shape index (κ2) is 5.27. The molecular formula is C10H7ClN2O4. The quantitative estimate of drug-likeness (QED) is 0.501. The Hall–Kier alpha value is -2.13. The molecule has 6 nitrogen and oxygen atoms in total. The molecule has 88 valence electrons. The molecule has 1 aromatic carbocycles. The summed E-state index contributed by atoms with van der Waals surface area (Å²) in [5.74, 6) is -1.23. The molecule has 0 unspecified atom stereocenters. The maximum absolute atomic E-state index is 10.8. The van der Waals surface area contributed by atoms with Crippen molar-refractivity contribution in [1.29, 1.82) is 5.26 Å². The van der Waals surface area contributed by atoms with Crippen molar-refractivity contribution < 1.29 is 14.8 Å². The summed E-state index contributed by atoms with van der Waals surface area (Å²) in [5, 5.41) is 28.2. The van der Waals surface area contributed by atoms with E-state index in [2.05, 4.69) is 0 Å². The van der Waals surface area contributed by atoms with Crippen LogP contribution in [0.4, 0.5) is 5.69 Å². The lowest BCUT2D eigenvalue weighted by Gasteiger charge is -2.04. The number of hydrogen-bond acceptors (Lipinski definition) is 4. The van der Waals surface area contributed by atoms with Gasteiger partial charge in [-0.1, -0.05) is 0 Å². The normalized spacial score (nSPS) is 9.65. The lowest BCUT2D eigenvalue weighted by Crippen LogP contribution is -2.04. The maximum atomic E-state index is 10.8. The SMILES string of the molecule is N#Cc1cc(CC(=O)O)cc(CCl)c1[N+](=O)[O-]. The van der Waals surface area contributed by atoms with Gasteiger partial charge >= 0.3 is 5.97 Å². The van der Waals surface area contributed by atoms with Crippen molar-refractivity contribution in [3.63, 3.8) is 0 Å². The van der Waals surface area contributed by atoms with Gasteiger partial charge < -0.3 is 5.11 Å². The van der Waals surface area contributed by atoms with Gasteiger partial charge in [0.25, 0.3) is 5.69 Å². The predicted molar refractivity (Wildman–Crippen MR) is 58.7 cm³/mol. The minimum Gasteiger partial charge on any atom is -0.481 e. The van der Waals surface area contributed by atoms with Crippen LogP contribution in [0.25, 0.3) is 0 Å². The highest BCUT2D eigenvalue weighted by molar-refractivity contribution is 6.17. The van der Waals surface area contributed by atoms with Gasteiger partial charge in [-0.05, 0) is 17.7 Å². The van der Waals surface area contributed by atoms with Crippen LogP contribution in [0.1, 0.15) is 16.7 Å². The fourth-order valence-electron chi connectivity index (χ4n) is 1.44. The van der Waals surface area contributed by atoms with Gasteiger partial charge in [-0.3, -0.25) is 14.9 Å². The van der Waals surface area contributed by atoms with Gasteiger partial charge in [0.2, 0.25) is 0 Å². The lowest BCUT2D eigenvalue weighted by molar-refractivity contribution is -0.385. The average molecular weight is 255 g/mol. The van der Waals surface area contributed by atoms with Crippen LogP contribution in [0, 0.1) is 21.4 Å². The van der Waals surface area contributed by atoms with E-state index in [9.17, 15) is 14.9 Å². The van der Waals surface area contributed by atoms with E-state index >= 15 is 0 Å². The number of aliphatic carboxylic acids is 1. The summed E-state index contributed by atoms with van der Waals surface area (Å²) in [6.45, 7) is 0. The summed E-state index contributed by atoms with van der Waals surface area (Å²) in [4.78, 5) is 20.6. The van der Waals surface area contributed by atoms with Crippen molar-refractivity contribution in [3.05, 3.63) is 38.9 Å². The van der Waals surface area contributed by atoms with Crippen molar-refractivity contribution in [2.24, 2.45) is 0 Å². The molecule has 0 spiro atoms. The molecule has 0 heterocycles. The van der Waals surface area contributed by atoms with Crippen molar-refractivity contribution >= 4 is 23.3 Å². The molecule has 0 aliphatic carbocycles. The van der Waals surface area contributed by atoms with Crippen molar-refractivity contribution in [1.82, 2.24) is 0 Å². The van der Waals surface area contributed by atoms with E-state index in [0.29, 0.717) is 5.56 Å². The van der Waals surface area contributed by atoms with Gasteiger partial charge in [0.05, 0.1) is 17.2 Å². The van der Waals surface area contributed by atoms with Crippen LogP contribution >= 0.6 is 11.6 Å². The van der Waals surface area contributed by atoms with Crippen LogP contribution in [-0.4, -0.2) is 16.0 Å². The summed E-state index contributed by atoms with van der Waals surface area (Å²) in [7, 11) is 0. The zero-order valence-electron chi connectivity index (χ0n) is 8.51. The molecule has 17 heavy (non-hydrogen) atoms. The Bertz CT molecular complexity index is 522. The molecule has 0 fully saturated rings. The van der Waals surface area contributed by atoms with Crippen molar-refractivity contribution in [2.45, 2.75) is 12.3 Å². The van der Waals surface area contributed by atoms with Gasteiger partial charge in [-0.2, -0.15) is 5.26 Å². The van der Waals surface area contributed by atoms with E-state index in [1.54, 1.807) is 6.07 Å². The van der Waals surface area contributed by atoms with Crippen LogP contribution in [0.2, 0.25) is 0 Å². The molecule has 0 amide bonds. The van der Waals surface area contributed by atoms with E-state index in [0.717, 1.165) is 0 Å². The first-order chi connectivity index (χ1) is 7.99. The Morgan fingerprint density at radius 1 is 1.59 bits per heavy atom. The van der Waals surface area contributed by atoms with Gasteiger partial charge in [0, 0.05) is 5.56 Å². The highest BCUT2D eigenvalue weighted by Gasteiger charge is 2.21. The minimum atomic E-state index is -1.08. The molecule has 0 saturated heterocycles. The molecule has 0 saturated carbocycles. The first-order valence-electron chi connectivity index (χ1n) is 4.47. The lowest BCUT2D eigenvalue weighted by atomic mass is 10.0. The Balaban J connectivity index is 3.40. The Morgan fingerprint density at radius 2 is 2.24 bits per heavy atom. The highest BCUT2D eigenvalue weighted by Crippen LogP contribution is 2.27. The van der Waals surface area contributed by atoms with E-state index in [4.69, 9.17) is 22.0 Å². The molecule has 0 atom stereocenters. The first kappa shape index (κ1) is 12.9. The summed E-state index contributed by atoms with van der Waals surface area (Å²) in [6.07, 6.45) is -0.309. The molecular weight excluding hydrogens is 248 g/mol. The standard InChI is InChI=1S/C10H7ClN2O4/c11-4-7-1-6(3-9(14)15)2-8(5-12)10(7)13(16)17/h1-2H,3-4H2,(H,14,15). The third-order valence-corrected chi connectivity index (χ3v) is 2.34. The Morgan fingerprint density at radius 3 is 2.65 bits per heavy atom. The molecule has 1 N–H and O–H groups in total. The largest absolute Gasteiger partial charge is 0.481 e. The number of nitro benzene ring substituents is 1. The molecule has 7 heteroatoms. The topological polar surface area (TPSA) is 104 Å². The Kier molecular flexibility index (Phi) is 4.01. The fraction of sp³-hybridized carbons (Fsp3) is 0.200. The third-order valence-electron chi connectivity index (χ3n) is 2.05. The number of hydrogen-bond donors (Lipinski definition) is 1. The highest BCUT2D eigenvalue weighted by atomic mass is 35.5. The number of nitriles is 1. The fourth-order valence-corrected chi connectivity index (χ4v) is 1.64. The predicted octanol–water partition coefficient (Wildman–Crippen LogP) is 1.83. The minimum absolute atomic E-state index is 0.145. The van der Waals surface area contributed by atoms with Crippen molar-refractivity contribution in [2.75, 3.05) is 0 Å². The van der Waals surface area contributed by atoms with Crippen molar-refractivity contribution in [3.8, 4) is 6.07 Å². The van der Waals surface area contributed by atoms with E-state index in [1.165, 1.54) is 12.1 Å². The smallest absolute Gasteiger partial charge is 0.307 e. The molecule has 0 radical (unpaired) electrons. The summed E-state index contributed by atoms with van der Waals surface area (Å²) >= 11 is 5.55. The molecule has 0 bridgehead atoms. The number of carbonyl (C=O) groups is 1. The second-order valence-electron chi connectivity index (χ2n) is 3.22. The zero-order valence-corrected chi connectivity index (χ0v) is 9.27. The number of carboxylic acid groups (broad SMARTS) is 1. The second-order valence-corrected chi connectivity index (χ2v) is 3.49. The zero-order chi connectivity index (χ0) is 13.0. The van der Waals surface area contributed by atoms with Gasteiger partial charge in [-0.25, -0.2) is 0 Å². The van der Waals surface area contributed by atoms with Crippen LogP contribution in [0.3, 0.4) is 0 Å². The molecule has 1 rings (SSSR count). The summed E-state index contributed by atoms with van der Waals surface area (Å²) in [5.41, 5.74) is -0.0803. The van der Waals surface area contributed by atoms with E-state index in [-0.39, 0.29) is 29.1 Å². The average Bonchev–Trinajstić information content (AvgIpc) is 2.26. The first-order valence-corrected chi connectivity index (χ1v) is 5.01. The van der Waals surface area contributed by atoms with Gasteiger partial charge in [-0.15, -0.1) is 11.6 Å². The van der Waals surface area contributed by atoms with Crippen LogP contribution in [0.5, 0.6) is 0 Å². The Labute approximate surface area is 101 Å². The van der Waals surface area contributed by atoms with E-state index < -0.39 is 10.9 Å². The number of rotatable bonds is 4. The number of nitrogens with zero attached hydrogens (tertiary/aromatic N) is 2. The van der Waals surface area contributed by atoms with Crippen LogP contribution in [-0.2, 0) is 17.1 Å². The van der Waals surface area contributed by atoms with E-state index in [1.807, 2.05) is 0 Å². The molecule has 0 aliphatic rings. The van der Waals surface area contributed by atoms with Crippen LogP contribution < -0.4 is 0 Å². The number of nitro groups is 1. The molecule has 0 aliphatic heterocycles. The molecule has 0 aromatic heterocycles. The number of benzene rings is 1. The third kappa shape index (κ3) is 2.92. The number of halogens is 1. The van der Waals surface area contributed by atoms with Gasteiger partial charge in [0.15, 0.2) is 0 Å². The summed E-state index contributed by atoms with van der Waals surface area (Å²) < 4.78 is 0. The number of alkyl halides is 1. The monoisotopic (exact) mass is 254 g/mol. The number of carboxylic acids is 1. The van der Waals surface area contributed by atoms with Gasteiger partial charge in [0.1, 0.15) is 11.6 Å².